The van der Waals surface area contributed by atoms with Crippen molar-refractivity contribution >= 4 is 25.7 Å². The number of aliphatic carboxylic acids is 1. The van der Waals surface area contributed by atoms with E-state index in [9.17, 15) is 23.8 Å². The molecule has 0 amide bonds. The molecule has 0 saturated carbocycles. The smallest absolute Gasteiger partial charge is 0.472 e. The van der Waals surface area contributed by atoms with Gasteiger partial charge in [0.05, 0.1) is 13.2 Å². The standard InChI is InChI=1S/C46H78NO10P/c1-3-5-7-9-11-13-15-17-19-20-21-22-24-26-28-30-32-34-36-38-45(49)57-42(40-55-58(52,53)56-41-43(47)46(50)51)39-54-44(48)37-35-33-31-29-27-25-23-18-16-14-12-10-8-6-4-2/h5,7,11,13,17,19,21-22,26,28,32,34,42-43H,3-4,6,8-10,12,14-16,18,20,23-25,27,29-31,33,35-41,47H2,1-2H3,(H,50,51)(H,52,53). The minimum Gasteiger partial charge on any atom is -0.480 e. The predicted octanol–water partition coefficient (Wildman–Crippen LogP) is 11.7. The Hall–Kier alpha value is -3.08. The van der Waals surface area contributed by atoms with E-state index in [0.29, 0.717) is 19.3 Å². The molecule has 0 bridgehead atoms. The fourth-order valence-corrected chi connectivity index (χ4v) is 6.34. The van der Waals surface area contributed by atoms with Gasteiger partial charge in [-0.1, -0.05) is 177 Å². The lowest BCUT2D eigenvalue weighted by Gasteiger charge is -2.20. The maximum atomic E-state index is 12.6. The Balaban J connectivity index is 4.49. The Morgan fingerprint density at radius 3 is 1.41 bits per heavy atom. The number of unbranched alkanes of at least 4 members (excludes halogenated alkanes) is 14. The summed E-state index contributed by atoms with van der Waals surface area (Å²) < 4.78 is 32.6. The second-order valence-electron chi connectivity index (χ2n) is 14.5. The summed E-state index contributed by atoms with van der Waals surface area (Å²) in [5, 5.41) is 8.89. The number of rotatable bonds is 40. The molecular weight excluding hydrogens is 757 g/mol. The third kappa shape index (κ3) is 39.7. The van der Waals surface area contributed by atoms with Crippen LogP contribution in [0.3, 0.4) is 0 Å². The summed E-state index contributed by atoms with van der Waals surface area (Å²) in [4.78, 5) is 45.9. The molecule has 58 heavy (non-hydrogen) atoms. The molecule has 332 valence electrons. The molecule has 11 nitrogen and oxygen atoms in total. The average molecular weight is 836 g/mol. The molecule has 0 aromatic carbocycles. The number of carboxylic acid groups (broad SMARTS) is 1. The first-order valence-corrected chi connectivity index (χ1v) is 23.5. The van der Waals surface area contributed by atoms with Gasteiger partial charge in [-0.3, -0.25) is 23.4 Å². The summed E-state index contributed by atoms with van der Waals surface area (Å²) >= 11 is 0. The molecule has 0 spiro atoms. The van der Waals surface area contributed by atoms with E-state index in [2.05, 4.69) is 73.1 Å². The highest BCUT2D eigenvalue weighted by Crippen LogP contribution is 2.43. The fourth-order valence-electron chi connectivity index (χ4n) is 5.56. The molecule has 0 aliphatic carbocycles. The molecule has 4 N–H and O–H groups in total. The quantitative estimate of drug-likeness (QED) is 0.0232. The first kappa shape index (κ1) is 54.9. The lowest BCUT2D eigenvalue weighted by molar-refractivity contribution is -0.161. The van der Waals surface area contributed by atoms with Gasteiger partial charge in [0.1, 0.15) is 12.6 Å². The SMILES string of the molecule is CCC=CCC=CCC=CCC=CCC=CCC=CCCC(=O)OC(COC(=O)CCCCCCCCCCCCCCCCC)COP(=O)(O)OCC(N)C(=O)O. The number of hydrogen-bond acceptors (Lipinski definition) is 9. The number of phosphoric acid groups is 1. The van der Waals surface area contributed by atoms with Crippen LogP contribution in [-0.2, 0) is 37.5 Å². The van der Waals surface area contributed by atoms with Crippen molar-refractivity contribution in [3.05, 3.63) is 72.9 Å². The van der Waals surface area contributed by atoms with Gasteiger partial charge >= 0.3 is 25.7 Å². The summed E-state index contributed by atoms with van der Waals surface area (Å²) in [6, 6.07) is -1.53. The summed E-state index contributed by atoms with van der Waals surface area (Å²) in [6.45, 7) is 2.61. The highest BCUT2D eigenvalue weighted by molar-refractivity contribution is 7.47. The second kappa shape index (κ2) is 40.7. The van der Waals surface area contributed by atoms with Crippen LogP contribution in [0.1, 0.15) is 168 Å². The van der Waals surface area contributed by atoms with Gasteiger partial charge in [0.25, 0.3) is 0 Å². The molecular formula is C46H78NO10P. The first-order chi connectivity index (χ1) is 28.1. The van der Waals surface area contributed by atoms with E-state index in [1.165, 1.54) is 70.6 Å². The highest BCUT2D eigenvalue weighted by atomic mass is 31.2. The van der Waals surface area contributed by atoms with E-state index in [1.54, 1.807) is 0 Å². The van der Waals surface area contributed by atoms with Crippen molar-refractivity contribution in [2.24, 2.45) is 5.73 Å². The number of hydrogen-bond donors (Lipinski definition) is 3. The van der Waals surface area contributed by atoms with E-state index in [4.69, 9.17) is 24.8 Å². The monoisotopic (exact) mass is 836 g/mol. The van der Waals surface area contributed by atoms with Gasteiger partial charge in [-0.2, -0.15) is 0 Å². The number of carboxylic acids is 1. The second-order valence-corrected chi connectivity index (χ2v) is 15.9. The molecule has 0 heterocycles. The van der Waals surface area contributed by atoms with Crippen molar-refractivity contribution in [2.45, 2.75) is 180 Å². The summed E-state index contributed by atoms with van der Waals surface area (Å²) in [5.74, 6) is -2.49. The largest absolute Gasteiger partial charge is 0.480 e. The average Bonchev–Trinajstić information content (AvgIpc) is 3.20. The maximum absolute atomic E-state index is 12.6. The Bertz CT molecular complexity index is 1260. The highest BCUT2D eigenvalue weighted by Gasteiger charge is 2.28. The third-order valence-corrected chi connectivity index (χ3v) is 9.93. The number of ether oxygens (including phenoxy) is 2. The van der Waals surface area contributed by atoms with Crippen molar-refractivity contribution in [1.29, 1.82) is 0 Å². The molecule has 3 unspecified atom stereocenters. The molecule has 0 radical (unpaired) electrons. The van der Waals surface area contributed by atoms with Crippen LogP contribution >= 0.6 is 7.82 Å². The molecule has 0 aliphatic rings. The normalized spacial score (nSPS) is 14.4. The fraction of sp³-hybridized carbons (Fsp3) is 0.674. The minimum atomic E-state index is -4.74. The van der Waals surface area contributed by atoms with E-state index < -0.39 is 51.1 Å². The van der Waals surface area contributed by atoms with Gasteiger partial charge < -0.3 is 25.2 Å². The molecule has 0 saturated heterocycles. The molecule has 12 heteroatoms. The van der Waals surface area contributed by atoms with Crippen LogP contribution in [-0.4, -0.2) is 59.9 Å². The number of allylic oxidation sites excluding steroid dienone is 12. The third-order valence-electron chi connectivity index (χ3n) is 8.98. The van der Waals surface area contributed by atoms with Crippen molar-refractivity contribution in [1.82, 2.24) is 0 Å². The van der Waals surface area contributed by atoms with E-state index in [1.807, 2.05) is 18.2 Å². The predicted molar refractivity (Wildman–Crippen MR) is 235 cm³/mol. The van der Waals surface area contributed by atoms with Gasteiger partial charge in [-0.05, 0) is 51.4 Å². The Morgan fingerprint density at radius 1 is 0.552 bits per heavy atom. The molecule has 0 aromatic heterocycles. The van der Waals surface area contributed by atoms with E-state index in [0.717, 1.165) is 51.4 Å². The van der Waals surface area contributed by atoms with Crippen LogP contribution in [0.5, 0.6) is 0 Å². The zero-order valence-corrected chi connectivity index (χ0v) is 36.8. The molecule has 3 atom stereocenters. The molecule has 0 fully saturated rings. The first-order valence-electron chi connectivity index (χ1n) is 22.0. The Morgan fingerprint density at radius 2 is 0.966 bits per heavy atom. The van der Waals surface area contributed by atoms with Crippen molar-refractivity contribution in [3.8, 4) is 0 Å². The van der Waals surface area contributed by atoms with E-state index >= 15 is 0 Å². The Kier molecular flexibility index (Phi) is 38.5. The summed E-state index contributed by atoms with van der Waals surface area (Å²) in [7, 11) is -4.74. The minimum absolute atomic E-state index is 0.0342. The van der Waals surface area contributed by atoms with Gasteiger partial charge in [-0.15, -0.1) is 0 Å². The zero-order valence-electron chi connectivity index (χ0n) is 35.9. The molecule has 0 aliphatic heterocycles. The number of nitrogens with two attached hydrogens (primary N) is 1. The summed E-state index contributed by atoms with van der Waals surface area (Å²) in [6.07, 6.45) is 48.4. The van der Waals surface area contributed by atoms with Crippen LogP contribution in [0.15, 0.2) is 72.9 Å². The number of carbonyl (C=O) groups is 3. The lowest BCUT2D eigenvalue weighted by atomic mass is 10.0. The van der Waals surface area contributed by atoms with Gasteiger partial charge in [0.2, 0.25) is 0 Å². The van der Waals surface area contributed by atoms with Crippen molar-refractivity contribution < 1.29 is 47.5 Å². The number of phosphoric ester groups is 1. The van der Waals surface area contributed by atoms with Gasteiger partial charge in [0.15, 0.2) is 6.10 Å². The Labute approximate surface area is 350 Å². The van der Waals surface area contributed by atoms with Crippen LogP contribution in [0.2, 0.25) is 0 Å². The summed E-state index contributed by atoms with van der Waals surface area (Å²) in [5.41, 5.74) is 5.33. The van der Waals surface area contributed by atoms with Gasteiger partial charge in [-0.25, -0.2) is 4.57 Å². The molecule has 0 aromatic rings. The molecule has 0 rings (SSSR count). The number of carbonyl (C=O) groups excluding carboxylic acids is 2. The van der Waals surface area contributed by atoms with Crippen LogP contribution in [0.25, 0.3) is 0 Å². The lowest BCUT2D eigenvalue weighted by Crippen LogP contribution is -2.34. The van der Waals surface area contributed by atoms with Gasteiger partial charge in [0, 0.05) is 12.8 Å². The zero-order chi connectivity index (χ0) is 42.8. The topological polar surface area (TPSA) is 172 Å². The van der Waals surface area contributed by atoms with Crippen molar-refractivity contribution in [2.75, 3.05) is 19.8 Å². The van der Waals surface area contributed by atoms with Crippen LogP contribution < -0.4 is 5.73 Å². The van der Waals surface area contributed by atoms with E-state index in [-0.39, 0.29) is 19.4 Å². The van der Waals surface area contributed by atoms with Crippen LogP contribution in [0, 0.1) is 0 Å². The maximum Gasteiger partial charge on any atom is 0.472 e. The van der Waals surface area contributed by atoms with Crippen LogP contribution in [0.4, 0.5) is 0 Å². The van der Waals surface area contributed by atoms with Crippen molar-refractivity contribution in [3.63, 3.8) is 0 Å². The number of esters is 2.